The highest BCUT2D eigenvalue weighted by Crippen LogP contribution is 2.25. The highest BCUT2D eigenvalue weighted by molar-refractivity contribution is 7.99. The van der Waals surface area contributed by atoms with Gasteiger partial charge in [-0.25, -0.2) is 0 Å². The van der Waals surface area contributed by atoms with Crippen LogP contribution in [0.4, 0.5) is 0 Å². The Morgan fingerprint density at radius 2 is 1.60 bits per heavy atom. The second-order valence-corrected chi connectivity index (χ2v) is 10.1. The van der Waals surface area contributed by atoms with E-state index in [-0.39, 0.29) is 24.1 Å². The van der Waals surface area contributed by atoms with E-state index in [1.807, 2.05) is 73.7 Å². The molecule has 0 bridgehead atoms. The molecule has 7 heteroatoms. The lowest BCUT2D eigenvalue weighted by molar-refractivity contribution is -0.139. The number of carbonyl (C=O) groups excluding carboxylic acids is 2. The van der Waals surface area contributed by atoms with Gasteiger partial charge in [-0.3, -0.25) is 9.59 Å². The summed E-state index contributed by atoms with van der Waals surface area (Å²) < 4.78 is 0. The van der Waals surface area contributed by atoms with Gasteiger partial charge in [0.25, 0.3) is 0 Å². The van der Waals surface area contributed by atoms with Crippen molar-refractivity contribution in [2.75, 3.05) is 12.3 Å². The third-order valence-corrected chi connectivity index (χ3v) is 7.09. The van der Waals surface area contributed by atoms with Crippen LogP contribution in [0.5, 0.6) is 0 Å². The molecule has 0 saturated carbocycles. The first-order valence-corrected chi connectivity index (χ1v) is 13.6. The molecule has 0 fully saturated rings. The van der Waals surface area contributed by atoms with E-state index in [4.69, 9.17) is 23.2 Å². The fraction of sp³-hybridized carbons (Fsp3) is 0.286. The molecule has 0 spiro atoms. The summed E-state index contributed by atoms with van der Waals surface area (Å²) in [5.74, 6) is 0.701. The number of rotatable bonds is 12. The lowest BCUT2D eigenvalue weighted by Gasteiger charge is -2.32. The lowest BCUT2D eigenvalue weighted by Crippen LogP contribution is -2.51. The SMILES string of the molecule is CCCNC(=O)[C@@H](Cc1ccccc1)N(Cc1ccc(Cl)cc1Cl)C(=O)CSCc1ccccc1. The molecular formula is C28H30Cl2N2O2S. The normalized spacial score (nSPS) is 11.6. The minimum absolute atomic E-state index is 0.107. The minimum atomic E-state index is -0.666. The summed E-state index contributed by atoms with van der Waals surface area (Å²) in [5, 5.41) is 3.98. The van der Waals surface area contributed by atoms with Crippen LogP contribution in [0.3, 0.4) is 0 Å². The van der Waals surface area contributed by atoms with Gasteiger partial charge in [0.05, 0.1) is 5.75 Å². The Morgan fingerprint density at radius 1 is 0.943 bits per heavy atom. The second-order valence-electron chi connectivity index (χ2n) is 8.23. The Balaban J connectivity index is 1.86. The van der Waals surface area contributed by atoms with Crippen LogP contribution in [0.2, 0.25) is 10.0 Å². The summed E-state index contributed by atoms with van der Waals surface area (Å²) in [4.78, 5) is 28.6. The van der Waals surface area contributed by atoms with Crippen LogP contribution in [-0.2, 0) is 28.3 Å². The quantitative estimate of drug-likeness (QED) is 0.296. The largest absolute Gasteiger partial charge is 0.354 e. The van der Waals surface area contributed by atoms with Gasteiger partial charge in [0, 0.05) is 35.3 Å². The highest BCUT2D eigenvalue weighted by Gasteiger charge is 2.30. The van der Waals surface area contributed by atoms with Crippen LogP contribution in [-0.4, -0.2) is 35.1 Å². The number of amides is 2. The Bertz CT molecular complexity index is 1100. The van der Waals surface area contributed by atoms with Crippen LogP contribution < -0.4 is 5.32 Å². The van der Waals surface area contributed by atoms with E-state index in [0.29, 0.717) is 28.8 Å². The Kier molecular flexibility index (Phi) is 11.0. The van der Waals surface area contributed by atoms with Gasteiger partial charge in [-0.05, 0) is 35.2 Å². The molecule has 35 heavy (non-hydrogen) atoms. The van der Waals surface area contributed by atoms with Crippen LogP contribution in [0.1, 0.15) is 30.0 Å². The molecule has 0 aliphatic carbocycles. The average molecular weight is 530 g/mol. The zero-order valence-electron chi connectivity index (χ0n) is 19.8. The van der Waals surface area contributed by atoms with Crippen molar-refractivity contribution >= 4 is 46.8 Å². The predicted octanol–water partition coefficient (Wildman–Crippen LogP) is 6.39. The molecule has 1 atom stereocenters. The molecule has 3 aromatic rings. The van der Waals surface area contributed by atoms with E-state index < -0.39 is 6.04 Å². The first kappa shape index (κ1) is 27.1. The summed E-state index contributed by atoms with van der Waals surface area (Å²) in [5.41, 5.74) is 2.89. The van der Waals surface area contributed by atoms with Crippen LogP contribution >= 0.6 is 35.0 Å². The van der Waals surface area contributed by atoms with Gasteiger partial charge >= 0.3 is 0 Å². The van der Waals surface area contributed by atoms with Gasteiger partial charge in [0.2, 0.25) is 11.8 Å². The first-order valence-electron chi connectivity index (χ1n) is 11.6. The van der Waals surface area contributed by atoms with E-state index in [0.717, 1.165) is 23.1 Å². The van der Waals surface area contributed by atoms with Gasteiger partial charge in [-0.1, -0.05) is 96.9 Å². The number of thioether (sulfide) groups is 1. The van der Waals surface area contributed by atoms with Gasteiger partial charge in [-0.15, -0.1) is 11.8 Å². The molecule has 0 aliphatic heterocycles. The second kappa shape index (κ2) is 14.2. The molecule has 0 radical (unpaired) electrons. The van der Waals surface area contributed by atoms with Crippen LogP contribution in [0.15, 0.2) is 78.9 Å². The molecule has 0 heterocycles. The standard InChI is InChI=1S/C28H30Cl2N2O2S/c1-2-15-31-28(34)26(16-21-9-5-3-6-10-21)32(18-23-13-14-24(29)17-25(23)30)27(33)20-35-19-22-11-7-4-8-12-22/h3-14,17,26H,2,15-16,18-20H2,1H3,(H,31,34)/t26-/m1/s1. The molecule has 184 valence electrons. The Morgan fingerprint density at radius 3 is 2.23 bits per heavy atom. The van der Waals surface area contributed by atoms with Crippen molar-refractivity contribution in [1.29, 1.82) is 0 Å². The first-order chi connectivity index (χ1) is 17.0. The van der Waals surface area contributed by atoms with Gasteiger partial charge in [0.1, 0.15) is 6.04 Å². The van der Waals surface area contributed by atoms with E-state index >= 15 is 0 Å². The number of nitrogens with zero attached hydrogens (tertiary/aromatic N) is 1. The number of nitrogens with one attached hydrogen (secondary N) is 1. The number of benzene rings is 3. The molecule has 3 rings (SSSR count). The van der Waals surface area contributed by atoms with Crippen molar-refractivity contribution in [3.8, 4) is 0 Å². The summed E-state index contributed by atoms with van der Waals surface area (Å²) in [7, 11) is 0. The van der Waals surface area contributed by atoms with E-state index in [9.17, 15) is 9.59 Å². The maximum atomic E-state index is 13.6. The summed E-state index contributed by atoms with van der Waals surface area (Å²) >= 11 is 14.1. The molecule has 0 aromatic heterocycles. The summed E-state index contributed by atoms with van der Waals surface area (Å²) in [6.07, 6.45) is 1.23. The van der Waals surface area contributed by atoms with Gasteiger partial charge < -0.3 is 10.2 Å². The molecule has 0 aliphatic rings. The fourth-order valence-corrected chi connectivity index (χ4v) is 5.01. The topological polar surface area (TPSA) is 49.4 Å². The average Bonchev–Trinajstić information content (AvgIpc) is 2.87. The van der Waals surface area contributed by atoms with Gasteiger partial charge in [-0.2, -0.15) is 0 Å². The lowest BCUT2D eigenvalue weighted by atomic mass is 10.0. The highest BCUT2D eigenvalue weighted by atomic mass is 35.5. The summed E-state index contributed by atoms with van der Waals surface area (Å²) in [6.45, 7) is 2.78. The maximum Gasteiger partial charge on any atom is 0.243 e. The third kappa shape index (κ3) is 8.60. The maximum absolute atomic E-state index is 13.6. The van der Waals surface area contributed by atoms with Crippen molar-refractivity contribution in [3.05, 3.63) is 106 Å². The number of hydrogen-bond acceptors (Lipinski definition) is 3. The van der Waals surface area contributed by atoms with Crippen molar-refractivity contribution in [3.63, 3.8) is 0 Å². The summed E-state index contributed by atoms with van der Waals surface area (Å²) in [6, 6.07) is 24.3. The molecular weight excluding hydrogens is 499 g/mol. The van der Waals surface area contributed by atoms with Crippen molar-refractivity contribution in [1.82, 2.24) is 10.2 Å². The van der Waals surface area contributed by atoms with Crippen LogP contribution in [0.25, 0.3) is 0 Å². The molecule has 3 aromatic carbocycles. The minimum Gasteiger partial charge on any atom is -0.354 e. The molecule has 0 unspecified atom stereocenters. The third-order valence-electron chi connectivity index (χ3n) is 5.51. The number of carbonyl (C=O) groups is 2. The van der Waals surface area contributed by atoms with Crippen LogP contribution in [0, 0.1) is 0 Å². The number of hydrogen-bond donors (Lipinski definition) is 1. The molecule has 1 N–H and O–H groups in total. The van der Waals surface area contributed by atoms with E-state index in [1.165, 1.54) is 11.8 Å². The molecule has 0 saturated heterocycles. The molecule has 2 amide bonds. The fourth-order valence-electron chi connectivity index (χ4n) is 3.67. The Labute approximate surface area is 222 Å². The zero-order chi connectivity index (χ0) is 25.0. The van der Waals surface area contributed by atoms with Crippen molar-refractivity contribution < 1.29 is 9.59 Å². The monoisotopic (exact) mass is 528 g/mol. The van der Waals surface area contributed by atoms with Gasteiger partial charge in [0.15, 0.2) is 0 Å². The number of halogens is 2. The van der Waals surface area contributed by atoms with E-state index in [1.54, 1.807) is 17.0 Å². The molecule has 4 nitrogen and oxygen atoms in total. The van der Waals surface area contributed by atoms with Crippen molar-refractivity contribution in [2.45, 2.75) is 38.1 Å². The van der Waals surface area contributed by atoms with E-state index in [2.05, 4.69) is 5.32 Å². The predicted molar refractivity (Wildman–Crippen MR) is 147 cm³/mol. The van der Waals surface area contributed by atoms with Crippen molar-refractivity contribution in [2.24, 2.45) is 0 Å². The zero-order valence-corrected chi connectivity index (χ0v) is 22.1. The smallest absolute Gasteiger partial charge is 0.243 e. The Hall–Kier alpha value is -2.47.